The highest BCUT2D eigenvalue weighted by molar-refractivity contribution is 5.96. The van der Waals surface area contributed by atoms with E-state index in [4.69, 9.17) is 10.5 Å². The van der Waals surface area contributed by atoms with Crippen molar-refractivity contribution in [2.24, 2.45) is 5.73 Å². The molecule has 1 aromatic rings. The molecule has 0 unspecified atom stereocenters. The minimum atomic E-state index is -0.351. The van der Waals surface area contributed by atoms with Gasteiger partial charge in [0.25, 0.3) is 5.91 Å². The van der Waals surface area contributed by atoms with Crippen molar-refractivity contribution in [3.05, 3.63) is 24.0 Å². The number of ether oxygens (including phenoxy) is 1. The number of pyridine rings is 1. The summed E-state index contributed by atoms with van der Waals surface area (Å²) in [4.78, 5) is 15.2. The van der Waals surface area contributed by atoms with Crippen LogP contribution in [0.1, 0.15) is 10.4 Å². The summed E-state index contributed by atoms with van der Waals surface area (Å²) in [6.07, 6.45) is 2.67. The summed E-state index contributed by atoms with van der Waals surface area (Å²) in [5.41, 5.74) is 5.43. The Morgan fingerprint density at radius 3 is 3.06 bits per heavy atom. The van der Waals surface area contributed by atoms with Crippen molar-refractivity contribution >= 4 is 5.91 Å². The number of nitrogens with one attached hydrogen (secondary N) is 1. The van der Waals surface area contributed by atoms with E-state index in [0.717, 1.165) is 0 Å². The molecule has 0 bridgehead atoms. The van der Waals surface area contributed by atoms with Gasteiger partial charge in [0, 0.05) is 19.3 Å². The Balaban J connectivity index is 2.33. The smallest absolute Gasteiger partial charge is 0.255 e. The molecule has 4 N–H and O–H groups in total. The molecule has 16 heavy (non-hydrogen) atoms. The van der Waals surface area contributed by atoms with Crippen molar-refractivity contribution < 1.29 is 14.6 Å². The SMILES string of the molecule is NCCOCCNC(=O)c1ccncc1O. The monoisotopic (exact) mass is 225 g/mol. The Hall–Kier alpha value is -1.66. The Morgan fingerprint density at radius 2 is 2.38 bits per heavy atom. The molecule has 1 aromatic heterocycles. The highest BCUT2D eigenvalue weighted by atomic mass is 16.5. The van der Waals surface area contributed by atoms with E-state index in [1.807, 2.05) is 0 Å². The van der Waals surface area contributed by atoms with Gasteiger partial charge in [-0.15, -0.1) is 0 Å². The normalized spacial score (nSPS) is 10.1. The molecule has 0 saturated carbocycles. The number of hydrogen-bond donors (Lipinski definition) is 3. The fourth-order valence-electron chi connectivity index (χ4n) is 1.10. The number of amides is 1. The third kappa shape index (κ3) is 3.84. The maximum atomic E-state index is 11.5. The van der Waals surface area contributed by atoms with Crippen LogP contribution in [0, 0.1) is 0 Å². The molecule has 1 heterocycles. The molecule has 6 heteroatoms. The molecule has 0 atom stereocenters. The first kappa shape index (κ1) is 12.4. The summed E-state index contributed by atoms with van der Waals surface area (Å²) < 4.78 is 5.08. The lowest BCUT2D eigenvalue weighted by atomic mass is 10.2. The fraction of sp³-hybridized carbons (Fsp3) is 0.400. The number of aromatic hydroxyl groups is 1. The molecule has 0 aliphatic heterocycles. The number of rotatable bonds is 6. The predicted molar refractivity (Wildman–Crippen MR) is 58.1 cm³/mol. The number of aromatic nitrogens is 1. The second kappa shape index (κ2) is 6.76. The summed E-state index contributed by atoms with van der Waals surface area (Å²) in [5.74, 6) is -0.487. The van der Waals surface area contributed by atoms with E-state index in [0.29, 0.717) is 26.3 Å². The molecule has 0 fully saturated rings. The fourth-order valence-corrected chi connectivity index (χ4v) is 1.10. The average molecular weight is 225 g/mol. The summed E-state index contributed by atoms with van der Waals surface area (Å²) in [7, 11) is 0. The Labute approximate surface area is 93.4 Å². The number of nitrogens with zero attached hydrogens (tertiary/aromatic N) is 1. The third-order valence-corrected chi connectivity index (χ3v) is 1.84. The Bertz CT molecular complexity index is 344. The number of nitrogens with two attached hydrogens (primary N) is 1. The van der Waals surface area contributed by atoms with Gasteiger partial charge in [-0.25, -0.2) is 0 Å². The summed E-state index contributed by atoms with van der Waals surface area (Å²) in [5, 5.41) is 12.0. The van der Waals surface area contributed by atoms with Crippen LogP contribution in [0.15, 0.2) is 18.5 Å². The van der Waals surface area contributed by atoms with Gasteiger partial charge in [-0.2, -0.15) is 0 Å². The number of hydrogen-bond acceptors (Lipinski definition) is 5. The molecule has 1 amide bonds. The minimum absolute atomic E-state index is 0.136. The average Bonchev–Trinajstić information content (AvgIpc) is 2.29. The quantitative estimate of drug-likeness (QED) is 0.567. The number of carbonyl (C=O) groups excluding carboxylic acids is 1. The number of carbonyl (C=O) groups is 1. The van der Waals surface area contributed by atoms with Crippen LogP contribution in [-0.2, 0) is 4.74 Å². The second-order valence-corrected chi connectivity index (χ2v) is 3.05. The van der Waals surface area contributed by atoms with E-state index in [1.54, 1.807) is 0 Å². The summed E-state index contributed by atoms with van der Waals surface area (Å²) in [6.45, 7) is 1.70. The largest absolute Gasteiger partial charge is 0.505 e. The zero-order valence-electron chi connectivity index (χ0n) is 8.85. The maximum Gasteiger partial charge on any atom is 0.255 e. The van der Waals surface area contributed by atoms with Crippen LogP contribution in [0.5, 0.6) is 5.75 Å². The van der Waals surface area contributed by atoms with Crippen molar-refractivity contribution in [2.75, 3.05) is 26.3 Å². The van der Waals surface area contributed by atoms with Gasteiger partial charge >= 0.3 is 0 Å². The van der Waals surface area contributed by atoms with Crippen LogP contribution in [0.3, 0.4) is 0 Å². The summed E-state index contributed by atoms with van der Waals surface area (Å²) >= 11 is 0. The molecule has 0 spiro atoms. The molecule has 1 rings (SSSR count). The van der Waals surface area contributed by atoms with Crippen LogP contribution in [0.25, 0.3) is 0 Å². The van der Waals surface area contributed by atoms with Gasteiger partial charge in [0.2, 0.25) is 0 Å². The Morgan fingerprint density at radius 1 is 1.56 bits per heavy atom. The standard InChI is InChI=1S/C10H15N3O3/c11-2-5-16-6-4-13-10(15)8-1-3-12-7-9(8)14/h1,3,7,14H,2,4-6,11H2,(H,13,15). The lowest BCUT2D eigenvalue weighted by Crippen LogP contribution is -2.28. The van der Waals surface area contributed by atoms with Gasteiger partial charge in [0.1, 0.15) is 5.75 Å². The van der Waals surface area contributed by atoms with Gasteiger partial charge in [0.15, 0.2) is 0 Å². The van der Waals surface area contributed by atoms with Crippen molar-refractivity contribution in [3.63, 3.8) is 0 Å². The van der Waals surface area contributed by atoms with E-state index < -0.39 is 0 Å². The molecule has 88 valence electrons. The lowest BCUT2D eigenvalue weighted by Gasteiger charge is -2.06. The topological polar surface area (TPSA) is 97.5 Å². The minimum Gasteiger partial charge on any atom is -0.505 e. The maximum absolute atomic E-state index is 11.5. The van der Waals surface area contributed by atoms with E-state index in [2.05, 4.69) is 10.3 Å². The van der Waals surface area contributed by atoms with Crippen LogP contribution in [-0.4, -0.2) is 42.3 Å². The zero-order valence-corrected chi connectivity index (χ0v) is 8.85. The van der Waals surface area contributed by atoms with E-state index >= 15 is 0 Å². The molecule has 0 aromatic carbocycles. The van der Waals surface area contributed by atoms with Crippen LogP contribution in [0.4, 0.5) is 0 Å². The van der Waals surface area contributed by atoms with E-state index in [1.165, 1.54) is 18.5 Å². The molecule has 0 radical (unpaired) electrons. The highest BCUT2D eigenvalue weighted by Crippen LogP contribution is 2.12. The zero-order chi connectivity index (χ0) is 11.8. The van der Waals surface area contributed by atoms with Gasteiger partial charge < -0.3 is 20.9 Å². The molecule has 0 aliphatic rings. The molecular weight excluding hydrogens is 210 g/mol. The molecule has 0 aliphatic carbocycles. The second-order valence-electron chi connectivity index (χ2n) is 3.05. The Kier molecular flexibility index (Phi) is 5.24. The van der Waals surface area contributed by atoms with Crippen molar-refractivity contribution in [2.45, 2.75) is 0 Å². The molecular formula is C10H15N3O3. The van der Waals surface area contributed by atoms with Crippen molar-refractivity contribution in [1.82, 2.24) is 10.3 Å². The van der Waals surface area contributed by atoms with E-state index in [-0.39, 0.29) is 17.2 Å². The van der Waals surface area contributed by atoms with Gasteiger partial charge in [-0.1, -0.05) is 0 Å². The van der Waals surface area contributed by atoms with Gasteiger partial charge in [-0.05, 0) is 6.07 Å². The van der Waals surface area contributed by atoms with Gasteiger partial charge in [-0.3, -0.25) is 9.78 Å². The predicted octanol–water partition coefficient (Wildman–Crippen LogP) is -0.508. The third-order valence-electron chi connectivity index (χ3n) is 1.84. The highest BCUT2D eigenvalue weighted by Gasteiger charge is 2.09. The first-order valence-electron chi connectivity index (χ1n) is 4.94. The van der Waals surface area contributed by atoms with E-state index in [9.17, 15) is 9.90 Å². The van der Waals surface area contributed by atoms with Crippen LogP contribution < -0.4 is 11.1 Å². The van der Waals surface area contributed by atoms with Crippen LogP contribution >= 0.6 is 0 Å². The van der Waals surface area contributed by atoms with Crippen LogP contribution in [0.2, 0.25) is 0 Å². The lowest BCUT2D eigenvalue weighted by molar-refractivity contribution is 0.0917. The molecule has 6 nitrogen and oxygen atoms in total. The first-order valence-corrected chi connectivity index (χ1v) is 4.94. The first-order chi connectivity index (χ1) is 7.75. The van der Waals surface area contributed by atoms with Gasteiger partial charge in [0.05, 0.1) is 25.0 Å². The summed E-state index contributed by atoms with van der Waals surface area (Å²) in [6, 6.07) is 1.45. The van der Waals surface area contributed by atoms with Crippen molar-refractivity contribution in [3.8, 4) is 5.75 Å². The van der Waals surface area contributed by atoms with Crippen molar-refractivity contribution in [1.29, 1.82) is 0 Å². The molecule has 0 saturated heterocycles.